The Balaban J connectivity index is 1.53. The van der Waals surface area contributed by atoms with Crippen LogP contribution in [0.25, 0.3) is 0 Å². The van der Waals surface area contributed by atoms with Gasteiger partial charge in [-0.15, -0.1) is 0 Å². The van der Waals surface area contributed by atoms with Gasteiger partial charge < -0.3 is 15.1 Å². The van der Waals surface area contributed by atoms with E-state index in [0.717, 1.165) is 44.3 Å². The van der Waals surface area contributed by atoms with Gasteiger partial charge in [-0.1, -0.05) is 26.7 Å². The van der Waals surface area contributed by atoms with Crippen LogP contribution in [-0.2, 0) is 12.8 Å². The molecule has 5 heteroatoms. The van der Waals surface area contributed by atoms with E-state index in [2.05, 4.69) is 29.0 Å². The maximum atomic E-state index is 5.12. The summed E-state index contributed by atoms with van der Waals surface area (Å²) in [6, 6.07) is 0.478. The molecule has 0 unspecified atom stereocenters. The molecule has 1 aromatic heterocycles. The van der Waals surface area contributed by atoms with Crippen molar-refractivity contribution in [3.05, 3.63) is 11.3 Å². The first-order valence-electron chi connectivity index (χ1n) is 11.8. The summed E-state index contributed by atoms with van der Waals surface area (Å²) in [7, 11) is 0. The largest absolute Gasteiger partial charge is 0.356 e. The van der Waals surface area contributed by atoms with Crippen LogP contribution in [0.4, 0.5) is 11.8 Å². The molecular formula is C23H39N5. The summed E-state index contributed by atoms with van der Waals surface area (Å²) < 4.78 is 0. The molecular weight excluding hydrogens is 346 g/mol. The van der Waals surface area contributed by atoms with E-state index >= 15 is 0 Å². The van der Waals surface area contributed by atoms with Crippen molar-refractivity contribution in [1.82, 2.24) is 14.9 Å². The van der Waals surface area contributed by atoms with Crippen LogP contribution in [0.3, 0.4) is 0 Å². The number of hydrogen-bond donors (Lipinski definition) is 1. The van der Waals surface area contributed by atoms with Gasteiger partial charge in [-0.2, -0.15) is 4.98 Å². The Hall–Kier alpha value is -1.36. The lowest BCUT2D eigenvalue weighted by molar-refractivity contribution is 0.195. The molecule has 2 fully saturated rings. The van der Waals surface area contributed by atoms with Gasteiger partial charge in [0.15, 0.2) is 0 Å². The normalized spacial score (nSPS) is 24.1. The van der Waals surface area contributed by atoms with Crippen molar-refractivity contribution in [3.63, 3.8) is 0 Å². The summed E-state index contributed by atoms with van der Waals surface area (Å²) in [5.74, 6) is 2.87. The van der Waals surface area contributed by atoms with E-state index in [4.69, 9.17) is 9.97 Å². The number of rotatable bonds is 5. The van der Waals surface area contributed by atoms with Crippen LogP contribution in [0.5, 0.6) is 0 Å². The molecule has 1 atom stereocenters. The molecule has 0 aromatic carbocycles. The lowest BCUT2D eigenvalue weighted by atomic mass is 9.96. The highest BCUT2D eigenvalue weighted by molar-refractivity contribution is 5.54. The SMILES string of the molecule is CC(C)CN1CCC[C@@H](Nc2nc3c(c(N4CCCCCC4)n2)CCCC3)C1. The molecule has 0 spiro atoms. The number of nitrogens with zero attached hydrogens (tertiary/aromatic N) is 4. The third-order valence-corrected chi connectivity index (χ3v) is 6.53. The van der Waals surface area contributed by atoms with Crippen LogP contribution in [0.15, 0.2) is 0 Å². The zero-order valence-electron chi connectivity index (χ0n) is 18.1. The lowest BCUT2D eigenvalue weighted by Gasteiger charge is -2.34. The highest BCUT2D eigenvalue weighted by Crippen LogP contribution is 2.31. The standard InChI is InChI=1S/C23H39N5/c1-18(2)16-27-13-9-10-19(17-27)24-23-25-21-12-6-5-11-20(21)22(26-23)28-14-7-3-4-8-15-28/h18-19H,3-17H2,1-2H3,(H,24,25,26)/t19-/m1/s1. The van der Waals surface area contributed by atoms with Gasteiger partial charge in [0.2, 0.25) is 5.95 Å². The molecule has 0 amide bonds. The first kappa shape index (κ1) is 19.9. The minimum absolute atomic E-state index is 0.478. The zero-order valence-corrected chi connectivity index (χ0v) is 18.1. The van der Waals surface area contributed by atoms with Crippen LogP contribution in [0.1, 0.15) is 76.5 Å². The highest BCUT2D eigenvalue weighted by Gasteiger charge is 2.25. The number of piperidine rings is 1. The first-order valence-corrected chi connectivity index (χ1v) is 11.8. The van der Waals surface area contributed by atoms with Crippen molar-refractivity contribution in [2.24, 2.45) is 5.92 Å². The fourth-order valence-corrected chi connectivity index (χ4v) is 5.22. The minimum atomic E-state index is 0.478. The van der Waals surface area contributed by atoms with Gasteiger partial charge in [-0.3, -0.25) is 0 Å². The van der Waals surface area contributed by atoms with Crippen LogP contribution >= 0.6 is 0 Å². The fourth-order valence-electron chi connectivity index (χ4n) is 5.22. The van der Waals surface area contributed by atoms with Crippen LogP contribution < -0.4 is 10.2 Å². The molecule has 1 aromatic rings. The molecule has 1 N–H and O–H groups in total. The topological polar surface area (TPSA) is 44.3 Å². The minimum Gasteiger partial charge on any atom is -0.356 e. The molecule has 156 valence electrons. The molecule has 1 aliphatic carbocycles. The summed E-state index contributed by atoms with van der Waals surface area (Å²) in [6.07, 6.45) is 12.7. The van der Waals surface area contributed by atoms with E-state index < -0.39 is 0 Å². The number of aryl methyl sites for hydroxylation is 1. The predicted molar refractivity (Wildman–Crippen MR) is 117 cm³/mol. The summed E-state index contributed by atoms with van der Waals surface area (Å²) in [4.78, 5) is 15.3. The number of hydrogen-bond acceptors (Lipinski definition) is 5. The second kappa shape index (κ2) is 9.43. The van der Waals surface area contributed by atoms with Gasteiger partial charge >= 0.3 is 0 Å². The van der Waals surface area contributed by atoms with Gasteiger partial charge in [0, 0.05) is 37.8 Å². The molecule has 5 nitrogen and oxygen atoms in total. The predicted octanol–water partition coefficient (Wildman–Crippen LogP) is 4.27. The Kier molecular flexibility index (Phi) is 6.71. The van der Waals surface area contributed by atoms with E-state index in [0.29, 0.717) is 6.04 Å². The van der Waals surface area contributed by atoms with Crippen molar-refractivity contribution in [1.29, 1.82) is 0 Å². The van der Waals surface area contributed by atoms with Crippen molar-refractivity contribution in [2.75, 3.05) is 42.9 Å². The number of likely N-dealkylation sites (tertiary alicyclic amines) is 1. The van der Waals surface area contributed by atoms with Gasteiger partial charge in [0.25, 0.3) is 0 Å². The number of nitrogens with one attached hydrogen (secondary N) is 1. The van der Waals surface area contributed by atoms with E-state index in [1.807, 2.05) is 0 Å². The maximum absolute atomic E-state index is 5.12. The lowest BCUT2D eigenvalue weighted by Crippen LogP contribution is -2.43. The van der Waals surface area contributed by atoms with E-state index in [1.165, 1.54) is 81.5 Å². The van der Waals surface area contributed by atoms with Crippen LogP contribution in [0.2, 0.25) is 0 Å². The molecule has 2 aliphatic heterocycles. The number of aromatic nitrogens is 2. The average Bonchev–Trinajstić information content (AvgIpc) is 2.96. The van der Waals surface area contributed by atoms with E-state index in [9.17, 15) is 0 Å². The summed E-state index contributed by atoms with van der Waals surface area (Å²) in [6.45, 7) is 10.5. The molecule has 0 bridgehead atoms. The monoisotopic (exact) mass is 385 g/mol. The van der Waals surface area contributed by atoms with Crippen molar-refractivity contribution >= 4 is 11.8 Å². The molecule has 4 rings (SSSR count). The molecule has 0 radical (unpaired) electrons. The second-order valence-electron chi connectivity index (χ2n) is 9.54. The van der Waals surface area contributed by atoms with Crippen LogP contribution in [0, 0.1) is 5.92 Å². The summed E-state index contributed by atoms with van der Waals surface area (Å²) in [5.41, 5.74) is 2.77. The Morgan fingerprint density at radius 3 is 2.50 bits per heavy atom. The Morgan fingerprint density at radius 1 is 0.929 bits per heavy atom. The number of anilines is 2. The third-order valence-electron chi connectivity index (χ3n) is 6.53. The Labute approximate surface area is 171 Å². The highest BCUT2D eigenvalue weighted by atomic mass is 15.3. The van der Waals surface area contributed by atoms with Crippen LogP contribution in [-0.4, -0.2) is 53.6 Å². The second-order valence-corrected chi connectivity index (χ2v) is 9.54. The molecule has 0 saturated carbocycles. The molecule has 3 aliphatic rings. The van der Waals surface area contributed by atoms with Crippen molar-refractivity contribution < 1.29 is 0 Å². The van der Waals surface area contributed by atoms with E-state index in [1.54, 1.807) is 0 Å². The average molecular weight is 386 g/mol. The molecule has 3 heterocycles. The smallest absolute Gasteiger partial charge is 0.225 e. The molecule has 28 heavy (non-hydrogen) atoms. The fraction of sp³-hybridized carbons (Fsp3) is 0.826. The van der Waals surface area contributed by atoms with E-state index in [-0.39, 0.29) is 0 Å². The quantitative estimate of drug-likeness (QED) is 0.820. The third kappa shape index (κ3) is 4.97. The maximum Gasteiger partial charge on any atom is 0.225 e. The number of fused-ring (bicyclic) bond motifs is 1. The van der Waals surface area contributed by atoms with Gasteiger partial charge in [0.1, 0.15) is 5.82 Å². The molecule has 2 saturated heterocycles. The Morgan fingerprint density at radius 2 is 1.71 bits per heavy atom. The van der Waals surface area contributed by atoms with Crippen molar-refractivity contribution in [2.45, 2.75) is 84.1 Å². The van der Waals surface area contributed by atoms with Crippen molar-refractivity contribution in [3.8, 4) is 0 Å². The summed E-state index contributed by atoms with van der Waals surface area (Å²) in [5, 5.41) is 3.74. The zero-order chi connectivity index (χ0) is 19.3. The summed E-state index contributed by atoms with van der Waals surface area (Å²) >= 11 is 0. The first-order chi connectivity index (χ1) is 13.7. The van der Waals surface area contributed by atoms with Gasteiger partial charge in [-0.05, 0) is 63.8 Å². The van der Waals surface area contributed by atoms with Gasteiger partial charge in [-0.25, -0.2) is 4.98 Å². The van der Waals surface area contributed by atoms with Gasteiger partial charge in [0.05, 0.1) is 5.69 Å². The Bertz CT molecular complexity index is 636.